The molecule has 0 radical (unpaired) electrons. The average molecular weight is 323 g/mol. The normalized spacial score (nSPS) is 20.4. The van der Waals surface area contributed by atoms with E-state index < -0.39 is 15.7 Å². The van der Waals surface area contributed by atoms with E-state index in [2.05, 4.69) is 20.4 Å². The first kappa shape index (κ1) is 14.9. The fraction of sp³-hybridized carbons (Fsp3) is 0.538. The number of aromatic nitrogens is 4. The van der Waals surface area contributed by atoms with Crippen LogP contribution in [0.3, 0.4) is 0 Å². The van der Waals surface area contributed by atoms with Crippen molar-refractivity contribution in [3.63, 3.8) is 0 Å². The lowest BCUT2D eigenvalue weighted by Gasteiger charge is -2.07. The fourth-order valence-corrected chi connectivity index (χ4v) is 4.47. The van der Waals surface area contributed by atoms with Gasteiger partial charge in [0.2, 0.25) is 5.82 Å². The van der Waals surface area contributed by atoms with Gasteiger partial charge in [-0.15, -0.1) is 5.10 Å². The predicted molar refractivity (Wildman–Crippen MR) is 79.4 cm³/mol. The summed E-state index contributed by atoms with van der Waals surface area (Å²) in [4.78, 5) is 20.4. The molecule has 1 N–H and O–H groups in total. The third-order valence-electron chi connectivity index (χ3n) is 3.70. The molecule has 3 rings (SSSR count). The zero-order valence-corrected chi connectivity index (χ0v) is 13.2. The summed E-state index contributed by atoms with van der Waals surface area (Å²) in [5, 5.41) is 6.84. The lowest BCUT2D eigenvalue weighted by molar-refractivity contribution is 0.0938. The molecular weight excluding hydrogens is 306 g/mol. The quantitative estimate of drug-likeness (QED) is 0.846. The molecule has 0 bridgehead atoms. The smallest absolute Gasteiger partial charge is 0.291 e. The van der Waals surface area contributed by atoms with E-state index in [9.17, 15) is 13.2 Å². The topological polar surface area (TPSA) is 106 Å². The molecule has 1 aliphatic rings. The van der Waals surface area contributed by atoms with Gasteiger partial charge in [-0.1, -0.05) is 0 Å². The van der Waals surface area contributed by atoms with E-state index in [1.807, 2.05) is 19.9 Å². The molecule has 0 spiro atoms. The molecule has 1 amide bonds. The third-order valence-corrected chi connectivity index (χ3v) is 5.54. The molecule has 1 fully saturated rings. The minimum absolute atomic E-state index is 0.0342. The number of amides is 1. The first-order valence-electron chi connectivity index (χ1n) is 7.04. The first-order valence-corrected chi connectivity index (χ1v) is 8.86. The van der Waals surface area contributed by atoms with Crippen molar-refractivity contribution in [2.45, 2.75) is 20.3 Å². The van der Waals surface area contributed by atoms with Gasteiger partial charge in [0.25, 0.3) is 11.7 Å². The minimum atomic E-state index is -2.94. The van der Waals surface area contributed by atoms with E-state index in [-0.39, 0.29) is 23.2 Å². The Morgan fingerprint density at radius 1 is 1.41 bits per heavy atom. The molecular formula is C13H17N5O3S. The maximum Gasteiger partial charge on any atom is 0.291 e. The van der Waals surface area contributed by atoms with Crippen LogP contribution in [0, 0.1) is 19.8 Å². The van der Waals surface area contributed by atoms with E-state index in [0.717, 1.165) is 11.4 Å². The summed E-state index contributed by atoms with van der Waals surface area (Å²) < 4.78 is 24.3. The monoisotopic (exact) mass is 323 g/mol. The first-order chi connectivity index (χ1) is 10.3. The summed E-state index contributed by atoms with van der Waals surface area (Å²) in [5.41, 5.74) is 1.65. The molecule has 1 saturated heterocycles. The van der Waals surface area contributed by atoms with Crippen LogP contribution >= 0.6 is 0 Å². The van der Waals surface area contributed by atoms with Crippen LogP contribution in [-0.2, 0) is 9.84 Å². The highest BCUT2D eigenvalue weighted by Gasteiger charge is 2.28. The molecule has 9 heteroatoms. The number of carbonyl (C=O) groups is 1. The second kappa shape index (κ2) is 5.31. The highest BCUT2D eigenvalue weighted by molar-refractivity contribution is 7.91. The zero-order chi connectivity index (χ0) is 15.9. The summed E-state index contributed by atoms with van der Waals surface area (Å²) >= 11 is 0. The van der Waals surface area contributed by atoms with E-state index in [1.54, 1.807) is 0 Å². The van der Waals surface area contributed by atoms with Gasteiger partial charge in [0, 0.05) is 17.9 Å². The predicted octanol–water partition coefficient (Wildman–Crippen LogP) is -0.0944. The Kier molecular flexibility index (Phi) is 3.59. The Hall–Kier alpha value is -2.03. The van der Waals surface area contributed by atoms with Crippen LogP contribution in [-0.4, -0.2) is 52.0 Å². The molecule has 8 nitrogen and oxygen atoms in total. The van der Waals surface area contributed by atoms with Gasteiger partial charge < -0.3 is 5.32 Å². The van der Waals surface area contributed by atoms with Crippen LogP contribution < -0.4 is 5.32 Å². The number of fused-ring (bicyclic) bond motifs is 1. The van der Waals surface area contributed by atoms with Gasteiger partial charge >= 0.3 is 0 Å². The van der Waals surface area contributed by atoms with Crippen LogP contribution in [0.1, 0.15) is 28.4 Å². The summed E-state index contributed by atoms with van der Waals surface area (Å²) in [5.74, 6) is 0.307. The highest BCUT2D eigenvalue weighted by Crippen LogP contribution is 2.17. The largest absolute Gasteiger partial charge is 0.349 e. The number of sulfone groups is 1. The van der Waals surface area contributed by atoms with Gasteiger partial charge in [-0.2, -0.15) is 4.98 Å². The van der Waals surface area contributed by atoms with Gasteiger partial charge in [-0.25, -0.2) is 17.9 Å². The standard InChI is InChI=1S/C13H17N5O3S/c1-8-5-9(2)18-13(15-8)16-11(17-18)12(19)14-6-10-3-4-22(20,21)7-10/h5,10H,3-4,6-7H2,1-2H3,(H,14,19)/t10-/m0/s1. The SMILES string of the molecule is Cc1cc(C)n2nc(C(=O)NC[C@@H]3CCS(=O)(=O)C3)nc2n1. The Morgan fingerprint density at radius 2 is 2.18 bits per heavy atom. The second-order valence-electron chi connectivity index (χ2n) is 5.67. The van der Waals surface area contributed by atoms with Gasteiger partial charge in [0.05, 0.1) is 11.5 Å². The van der Waals surface area contributed by atoms with Crippen LogP contribution in [0.4, 0.5) is 0 Å². The maximum atomic E-state index is 12.1. The number of hydrogen-bond acceptors (Lipinski definition) is 6. The van der Waals surface area contributed by atoms with E-state index in [1.165, 1.54) is 4.52 Å². The fourth-order valence-electron chi connectivity index (χ4n) is 2.61. The van der Waals surface area contributed by atoms with Gasteiger partial charge in [0.1, 0.15) is 0 Å². The molecule has 0 unspecified atom stereocenters. The summed E-state index contributed by atoms with van der Waals surface area (Å²) in [6, 6.07) is 1.85. The van der Waals surface area contributed by atoms with E-state index in [4.69, 9.17) is 0 Å². The average Bonchev–Trinajstić information content (AvgIpc) is 2.99. The van der Waals surface area contributed by atoms with Crippen molar-refractivity contribution < 1.29 is 13.2 Å². The molecule has 1 atom stereocenters. The number of hydrogen-bond donors (Lipinski definition) is 1. The Labute approximate surface area is 127 Å². The molecule has 1 aliphatic heterocycles. The molecule has 118 valence electrons. The number of carbonyl (C=O) groups excluding carboxylic acids is 1. The minimum Gasteiger partial charge on any atom is -0.349 e. The van der Waals surface area contributed by atoms with Crippen molar-refractivity contribution in [1.29, 1.82) is 0 Å². The molecule has 0 saturated carbocycles. The van der Waals surface area contributed by atoms with Crippen molar-refractivity contribution in [2.75, 3.05) is 18.1 Å². The molecule has 2 aromatic heterocycles. The van der Waals surface area contributed by atoms with Crippen LogP contribution in [0.25, 0.3) is 5.78 Å². The van der Waals surface area contributed by atoms with Crippen molar-refractivity contribution in [1.82, 2.24) is 24.9 Å². The van der Waals surface area contributed by atoms with E-state index in [0.29, 0.717) is 18.7 Å². The lowest BCUT2D eigenvalue weighted by atomic mass is 10.1. The van der Waals surface area contributed by atoms with Crippen molar-refractivity contribution >= 4 is 21.5 Å². The number of aryl methyl sites for hydroxylation is 2. The zero-order valence-electron chi connectivity index (χ0n) is 12.4. The molecule has 2 aromatic rings. The van der Waals surface area contributed by atoms with Crippen molar-refractivity contribution in [3.05, 3.63) is 23.3 Å². The van der Waals surface area contributed by atoms with Crippen LogP contribution in [0.5, 0.6) is 0 Å². The number of nitrogens with zero attached hydrogens (tertiary/aromatic N) is 4. The highest BCUT2D eigenvalue weighted by atomic mass is 32.2. The van der Waals surface area contributed by atoms with Crippen molar-refractivity contribution in [3.8, 4) is 0 Å². The molecule has 0 aromatic carbocycles. The Balaban J connectivity index is 1.71. The second-order valence-corrected chi connectivity index (χ2v) is 7.89. The van der Waals surface area contributed by atoms with Crippen LogP contribution in [0.2, 0.25) is 0 Å². The Morgan fingerprint density at radius 3 is 2.86 bits per heavy atom. The van der Waals surface area contributed by atoms with Crippen LogP contribution in [0.15, 0.2) is 6.07 Å². The Bertz CT molecular complexity index is 843. The molecule has 3 heterocycles. The third kappa shape index (κ3) is 2.94. The summed E-state index contributed by atoms with van der Waals surface area (Å²) in [6.45, 7) is 4.03. The number of nitrogens with one attached hydrogen (secondary N) is 1. The lowest BCUT2D eigenvalue weighted by Crippen LogP contribution is -2.30. The van der Waals surface area contributed by atoms with Crippen molar-refractivity contribution in [2.24, 2.45) is 5.92 Å². The molecule has 0 aliphatic carbocycles. The van der Waals surface area contributed by atoms with Gasteiger partial charge in [0.15, 0.2) is 9.84 Å². The maximum absolute atomic E-state index is 12.1. The van der Waals surface area contributed by atoms with Gasteiger partial charge in [-0.05, 0) is 32.3 Å². The summed E-state index contributed by atoms with van der Waals surface area (Å²) in [6.07, 6.45) is 0.584. The van der Waals surface area contributed by atoms with Gasteiger partial charge in [-0.3, -0.25) is 4.79 Å². The summed E-state index contributed by atoms with van der Waals surface area (Å²) in [7, 11) is -2.94. The van der Waals surface area contributed by atoms with E-state index >= 15 is 0 Å². The molecule has 22 heavy (non-hydrogen) atoms. The number of rotatable bonds is 3.